The highest BCUT2D eigenvalue weighted by Gasteiger charge is 2.28. The first-order valence-electron chi connectivity index (χ1n) is 9.79. The third-order valence-electron chi connectivity index (χ3n) is 4.95. The van der Waals surface area contributed by atoms with Crippen molar-refractivity contribution in [1.29, 1.82) is 0 Å². The van der Waals surface area contributed by atoms with Gasteiger partial charge in [0.05, 0.1) is 32.5 Å². The van der Waals surface area contributed by atoms with Crippen molar-refractivity contribution in [3.05, 3.63) is 81.5 Å². The van der Waals surface area contributed by atoms with Crippen LogP contribution in [-0.4, -0.2) is 33.1 Å². The van der Waals surface area contributed by atoms with E-state index in [9.17, 15) is 9.59 Å². The van der Waals surface area contributed by atoms with E-state index in [-0.39, 0.29) is 22.9 Å². The lowest BCUT2D eigenvalue weighted by atomic mass is 10.1. The monoisotopic (exact) mass is 510 g/mol. The first kappa shape index (κ1) is 22.4. The van der Waals surface area contributed by atoms with Crippen LogP contribution in [-0.2, 0) is 0 Å². The van der Waals surface area contributed by atoms with Crippen molar-refractivity contribution in [2.45, 2.75) is 0 Å². The predicted octanol–water partition coefficient (Wildman–Crippen LogP) is 5.31. The molecule has 3 aromatic carbocycles. The molecule has 0 unspecified atom stereocenters. The summed E-state index contributed by atoms with van der Waals surface area (Å²) in [6, 6.07) is 14.8. The Bertz CT molecular complexity index is 1280. The summed E-state index contributed by atoms with van der Waals surface area (Å²) in [7, 11) is 4.55. The van der Waals surface area contributed by atoms with Crippen molar-refractivity contribution in [2.24, 2.45) is 0 Å². The largest absolute Gasteiger partial charge is 0.496 e. The molecule has 4 rings (SSSR count). The summed E-state index contributed by atoms with van der Waals surface area (Å²) < 4.78 is 27.8. The fourth-order valence-electron chi connectivity index (χ4n) is 3.32. The summed E-state index contributed by atoms with van der Waals surface area (Å²) in [5.74, 6) is 1.33. The molecule has 33 heavy (non-hydrogen) atoms. The Morgan fingerprint density at radius 1 is 0.879 bits per heavy atom. The molecular weight excluding hydrogens is 492 g/mol. The Labute approximate surface area is 198 Å². The van der Waals surface area contributed by atoms with E-state index in [1.54, 1.807) is 43.5 Å². The van der Waals surface area contributed by atoms with Gasteiger partial charge in [-0.05, 0) is 54.6 Å². The van der Waals surface area contributed by atoms with Crippen molar-refractivity contribution < 1.29 is 33.3 Å². The zero-order valence-electron chi connectivity index (χ0n) is 18.0. The van der Waals surface area contributed by atoms with Crippen molar-refractivity contribution >= 4 is 33.8 Å². The maximum atomic E-state index is 12.8. The lowest BCUT2D eigenvalue weighted by Gasteiger charge is -2.10. The first-order chi connectivity index (χ1) is 15.9. The standard InChI is InChI=1S/C25H19BrO7/c1-29-19-9-5-16(26)10-15(19)12-23-24(27)18-7-6-17(13-21(18)33-23)32-25(28)14-4-8-20(30-2)22(11-14)31-3/h4-13H,1-3H3. The topological polar surface area (TPSA) is 80.3 Å². The number of Topliss-reactive ketones (excluding diaryl/α,β-unsaturated/α-hetero) is 1. The Morgan fingerprint density at radius 3 is 2.33 bits per heavy atom. The molecular formula is C25H19BrO7. The number of methoxy groups -OCH3 is 3. The molecule has 1 aliphatic heterocycles. The van der Waals surface area contributed by atoms with Crippen LogP contribution in [0.4, 0.5) is 0 Å². The van der Waals surface area contributed by atoms with E-state index < -0.39 is 5.97 Å². The Kier molecular flexibility index (Phi) is 6.37. The highest BCUT2D eigenvalue weighted by Crippen LogP contribution is 2.36. The molecule has 1 aliphatic rings. The quantitative estimate of drug-likeness (QED) is 0.252. The van der Waals surface area contributed by atoms with Gasteiger partial charge in [0.25, 0.3) is 0 Å². The minimum atomic E-state index is -0.588. The van der Waals surface area contributed by atoms with Crippen molar-refractivity contribution in [2.75, 3.05) is 21.3 Å². The smallest absolute Gasteiger partial charge is 0.343 e. The molecule has 0 saturated heterocycles. The summed E-state index contributed by atoms with van der Waals surface area (Å²) in [6.07, 6.45) is 1.61. The van der Waals surface area contributed by atoms with Gasteiger partial charge in [0.1, 0.15) is 17.2 Å². The summed E-state index contributed by atoms with van der Waals surface area (Å²) in [5, 5.41) is 0. The van der Waals surface area contributed by atoms with Crippen molar-refractivity contribution in [3.63, 3.8) is 0 Å². The number of halogens is 1. The van der Waals surface area contributed by atoms with Gasteiger partial charge < -0.3 is 23.7 Å². The van der Waals surface area contributed by atoms with Gasteiger partial charge in [0, 0.05) is 16.1 Å². The van der Waals surface area contributed by atoms with E-state index in [4.69, 9.17) is 23.7 Å². The van der Waals surface area contributed by atoms with E-state index in [1.807, 2.05) is 12.1 Å². The second-order valence-corrected chi connectivity index (χ2v) is 7.86. The molecule has 0 N–H and O–H groups in total. The lowest BCUT2D eigenvalue weighted by molar-refractivity contribution is 0.0734. The number of esters is 1. The maximum Gasteiger partial charge on any atom is 0.343 e. The number of rotatable bonds is 6. The van der Waals surface area contributed by atoms with Gasteiger partial charge in [-0.3, -0.25) is 4.79 Å². The summed E-state index contributed by atoms with van der Waals surface area (Å²) in [6.45, 7) is 0. The molecule has 0 aliphatic carbocycles. The Morgan fingerprint density at radius 2 is 1.61 bits per heavy atom. The van der Waals surface area contributed by atoms with E-state index in [2.05, 4.69) is 15.9 Å². The van der Waals surface area contributed by atoms with Gasteiger partial charge in [0.15, 0.2) is 17.3 Å². The van der Waals surface area contributed by atoms with Gasteiger partial charge >= 0.3 is 5.97 Å². The Hall–Kier alpha value is -3.78. The van der Waals surface area contributed by atoms with E-state index in [0.29, 0.717) is 34.1 Å². The molecule has 0 atom stereocenters. The van der Waals surface area contributed by atoms with Gasteiger partial charge in [0.2, 0.25) is 5.78 Å². The highest BCUT2D eigenvalue weighted by atomic mass is 79.9. The number of carbonyl (C=O) groups excluding carboxylic acids is 2. The van der Waals surface area contributed by atoms with Crippen LogP contribution in [0.25, 0.3) is 6.08 Å². The number of ketones is 1. The number of fused-ring (bicyclic) bond motifs is 1. The molecule has 0 spiro atoms. The minimum Gasteiger partial charge on any atom is -0.496 e. The van der Waals surface area contributed by atoms with Crippen LogP contribution >= 0.6 is 15.9 Å². The zero-order chi connectivity index (χ0) is 23.5. The second-order valence-electron chi connectivity index (χ2n) is 6.94. The number of hydrogen-bond donors (Lipinski definition) is 0. The third-order valence-corrected chi connectivity index (χ3v) is 5.44. The van der Waals surface area contributed by atoms with Crippen LogP contribution in [0.3, 0.4) is 0 Å². The van der Waals surface area contributed by atoms with Crippen LogP contribution in [0.2, 0.25) is 0 Å². The van der Waals surface area contributed by atoms with Gasteiger partial charge in [-0.2, -0.15) is 0 Å². The molecule has 0 saturated carbocycles. The summed E-state index contributed by atoms with van der Waals surface area (Å²) in [4.78, 5) is 25.4. The fraction of sp³-hybridized carbons (Fsp3) is 0.120. The van der Waals surface area contributed by atoms with Crippen molar-refractivity contribution in [1.82, 2.24) is 0 Å². The van der Waals surface area contributed by atoms with Crippen LogP contribution in [0.5, 0.6) is 28.7 Å². The van der Waals surface area contributed by atoms with Crippen LogP contribution in [0, 0.1) is 0 Å². The van der Waals surface area contributed by atoms with Gasteiger partial charge in [-0.1, -0.05) is 15.9 Å². The minimum absolute atomic E-state index is 0.143. The lowest BCUT2D eigenvalue weighted by Crippen LogP contribution is -2.09. The molecule has 0 bridgehead atoms. The molecule has 3 aromatic rings. The molecule has 0 radical (unpaired) electrons. The third kappa shape index (κ3) is 4.56. The van der Waals surface area contributed by atoms with Crippen molar-refractivity contribution in [3.8, 4) is 28.7 Å². The molecule has 8 heteroatoms. The molecule has 0 amide bonds. The number of hydrogen-bond acceptors (Lipinski definition) is 7. The number of ether oxygens (including phenoxy) is 5. The molecule has 0 aromatic heterocycles. The van der Waals surface area contributed by atoms with E-state index in [1.165, 1.54) is 26.4 Å². The first-order valence-corrected chi connectivity index (χ1v) is 10.6. The van der Waals surface area contributed by atoms with E-state index in [0.717, 1.165) is 4.47 Å². The average molecular weight is 511 g/mol. The fourth-order valence-corrected chi connectivity index (χ4v) is 3.70. The highest BCUT2D eigenvalue weighted by molar-refractivity contribution is 9.10. The number of allylic oxidation sites excluding steroid dienone is 1. The zero-order valence-corrected chi connectivity index (χ0v) is 19.6. The molecule has 1 heterocycles. The van der Waals surface area contributed by atoms with Crippen LogP contribution in [0.15, 0.2) is 64.8 Å². The SMILES string of the molecule is COc1ccc(Br)cc1C=C1Oc2cc(OC(=O)c3ccc(OC)c(OC)c3)ccc2C1=O. The number of benzene rings is 3. The number of carbonyl (C=O) groups is 2. The van der Waals surface area contributed by atoms with Crippen LogP contribution in [0.1, 0.15) is 26.3 Å². The van der Waals surface area contributed by atoms with Gasteiger partial charge in [-0.15, -0.1) is 0 Å². The molecule has 168 valence electrons. The van der Waals surface area contributed by atoms with E-state index >= 15 is 0 Å². The van der Waals surface area contributed by atoms with Crippen LogP contribution < -0.4 is 23.7 Å². The predicted molar refractivity (Wildman–Crippen MR) is 125 cm³/mol. The maximum absolute atomic E-state index is 12.8. The van der Waals surface area contributed by atoms with Gasteiger partial charge in [-0.25, -0.2) is 4.79 Å². The molecule has 0 fully saturated rings. The summed E-state index contributed by atoms with van der Waals surface area (Å²) in [5.41, 5.74) is 1.34. The second kappa shape index (κ2) is 9.38. The Balaban J connectivity index is 1.56. The average Bonchev–Trinajstić information content (AvgIpc) is 3.13. The summed E-state index contributed by atoms with van der Waals surface area (Å²) >= 11 is 3.41. The normalized spacial score (nSPS) is 13.3. The molecule has 7 nitrogen and oxygen atoms in total.